The lowest BCUT2D eigenvalue weighted by molar-refractivity contribution is -0.394. The molecule has 0 aliphatic heterocycles. The minimum absolute atomic E-state index is 0.186. The summed E-state index contributed by atoms with van der Waals surface area (Å²) in [6.45, 7) is 0. The number of nitrogens with zero attached hydrogens (tertiary/aromatic N) is 4. The van der Waals surface area contributed by atoms with E-state index in [0.717, 1.165) is 40.8 Å². The molecule has 0 N–H and O–H groups in total. The van der Waals surface area contributed by atoms with Crippen molar-refractivity contribution in [2.75, 3.05) is 7.11 Å². The third-order valence-corrected chi connectivity index (χ3v) is 6.86. The van der Waals surface area contributed by atoms with Crippen LogP contribution in [0, 0.1) is 20.2 Å². The number of benzene rings is 2. The van der Waals surface area contributed by atoms with E-state index in [1.54, 1.807) is 25.1 Å². The molecule has 0 amide bonds. The van der Waals surface area contributed by atoms with E-state index in [1.165, 1.54) is 36.1 Å². The van der Waals surface area contributed by atoms with Gasteiger partial charge in [0.1, 0.15) is 17.1 Å². The summed E-state index contributed by atoms with van der Waals surface area (Å²) < 4.78 is 6.69. The Hall–Kier alpha value is -3.40. The van der Waals surface area contributed by atoms with Gasteiger partial charge in [-0.05, 0) is 43.2 Å². The molecule has 0 unspecified atom stereocenters. The molecule has 32 heavy (non-hydrogen) atoms. The van der Waals surface area contributed by atoms with Crippen LogP contribution in [0.2, 0.25) is 0 Å². The number of methoxy groups -OCH3 is 1. The van der Waals surface area contributed by atoms with Crippen molar-refractivity contribution in [3.8, 4) is 22.7 Å². The Kier molecular flexibility index (Phi) is 6.40. The van der Waals surface area contributed by atoms with Gasteiger partial charge in [0.05, 0.1) is 27.9 Å². The van der Waals surface area contributed by atoms with Crippen molar-refractivity contribution in [3.63, 3.8) is 0 Å². The van der Waals surface area contributed by atoms with Gasteiger partial charge in [-0.25, -0.2) is 4.68 Å². The van der Waals surface area contributed by atoms with E-state index in [4.69, 9.17) is 4.74 Å². The maximum Gasteiger partial charge on any atom is 0.301 e. The third kappa shape index (κ3) is 4.59. The minimum atomic E-state index is -0.646. The minimum Gasteiger partial charge on any atom is -0.497 e. The number of nitro groups is 2. The first kappa shape index (κ1) is 21.8. The van der Waals surface area contributed by atoms with E-state index in [9.17, 15) is 20.2 Å². The first-order valence-electron chi connectivity index (χ1n) is 10.3. The van der Waals surface area contributed by atoms with Gasteiger partial charge in [-0.15, -0.1) is 11.8 Å². The number of ether oxygens (including phenoxy) is 1. The quantitative estimate of drug-likeness (QED) is 0.328. The van der Waals surface area contributed by atoms with Crippen LogP contribution < -0.4 is 4.74 Å². The van der Waals surface area contributed by atoms with Gasteiger partial charge in [-0.1, -0.05) is 19.3 Å². The lowest BCUT2D eigenvalue weighted by Gasteiger charge is -2.20. The van der Waals surface area contributed by atoms with Crippen LogP contribution >= 0.6 is 11.8 Å². The van der Waals surface area contributed by atoms with E-state index in [-0.39, 0.29) is 17.1 Å². The molecule has 2 aromatic carbocycles. The highest BCUT2D eigenvalue weighted by atomic mass is 32.2. The summed E-state index contributed by atoms with van der Waals surface area (Å²) in [5.74, 6) is 0.723. The van der Waals surface area contributed by atoms with Gasteiger partial charge >= 0.3 is 5.69 Å². The molecule has 0 bridgehead atoms. The third-order valence-electron chi connectivity index (χ3n) is 5.50. The second-order valence-electron chi connectivity index (χ2n) is 7.58. The first-order chi connectivity index (χ1) is 15.5. The molecule has 0 atom stereocenters. The average Bonchev–Trinajstić information content (AvgIpc) is 3.22. The Morgan fingerprint density at radius 2 is 1.75 bits per heavy atom. The van der Waals surface area contributed by atoms with Gasteiger partial charge in [0.25, 0.3) is 5.69 Å². The highest BCUT2D eigenvalue weighted by molar-refractivity contribution is 8.00. The molecule has 0 radical (unpaired) electrons. The molecular formula is C22H22N4O5S. The summed E-state index contributed by atoms with van der Waals surface area (Å²) in [6.07, 6.45) is 7.66. The van der Waals surface area contributed by atoms with Crippen LogP contribution in [0.25, 0.3) is 16.9 Å². The lowest BCUT2D eigenvalue weighted by Crippen LogP contribution is -2.07. The van der Waals surface area contributed by atoms with Crippen molar-refractivity contribution in [1.82, 2.24) is 9.78 Å². The van der Waals surface area contributed by atoms with E-state index < -0.39 is 9.85 Å². The molecule has 1 saturated carbocycles. The van der Waals surface area contributed by atoms with E-state index in [0.29, 0.717) is 5.25 Å². The number of aromatic nitrogens is 2. The Balaban J connectivity index is 1.79. The van der Waals surface area contributed by atoms with E-state index >= 15 is 0 Å². The number of hydrogen-bond acceptors (Lipinski definition) is 7. The van der Waals surface area contributed by atoms with Gasteiger partial charge in [-0.3, -0.25) is 20.2 Å². The van der Waals surface area contributed by atoms with Crippen LogP contribution in [0.1, 0.15) is 32.1 Å². The number of non-ortho nitro benzene ring substituents is 1. The van der Waals surface area contributed by atoms with Crippen molar-refractivity contribution in [3.05, 3.63) is 68.9 Å². The van der Waals surface area contributed by atoms with Crippen molar-refractivity contribution in [2.24, 2.45) is 0 Å². The fourth-order valence-electron chi connectivity index (χ4n) is 3.84. The van der Waals surface area contributed by atoms with Gasteiger partial charge in [0.2, 0.25) is 0 Å². The fraction of sp³-hybridized carbons (Fsp3) is 0.318. The van der Waals surface area contributed by atoms with Gasteiger partial charge in [-0.2, -0.15) is 5.10 Å². The number of nitro benzene ring substituents is 2. The van der Waals surface area contributed by atoms with E-state index in [1.807, 2.05) is 24.3 Å². The standard InChI is InChI=1S/C22H22N4O5S/c1-31-17-10-7-15(8-11-17)22-21(32-18-5-3-2-4-6-18)14-24(23-22)19-12-9-16(25(27)28)13-20(19)26(29)30/h7-14,18H,2-6H2,1H3. The second kappa shape index (κ2) is 9.39. The summed E-state index contributed by atoms with van der Waals surface area (Å²) in [6, 6.07) is 11.1. The van der Waals surface area contributed by atoms with Crippen LogP contribution in [0.5, 0.6) is 5.75 Å². The maximum absolute atomic E-state index is 11.6. The van der Waals surface area contributed by atoms with Crippen molar-refractivity contribution in [2.45, 2.75) is 42.2 Å². The van der Waals surface area contributed by atoms with Crippen molar-refractivity contribution >= 4 is 23.1 Å². The zero-order chi connectivity index (χ0) is 22.7. The molecule has 1 aliphatic carbocycles. The van der Waals surface area contributed by atoms with Crippen molar-refractivity contribution < 1.29 is 14.6 Å². The molecule has 0 spiro atoms. The normalized spacial score (nSPS) is 14.3. The molecule has 1 fully saturated rings. The predicted octanol–water partition coefficient (Wildman–Crippen LogP) is 5.79. The number of thioether (sulfide) groups is 1. The topological polar surface area (TPSA) is 113 Å². The van der Waals surface area contributed by atoms with Crippen LogP contribution in [0.15, 0.2) is 53.6 Å². The Morgan fingerprint density at radius 1 is 1.03 bits per heavy atom. The van der Waals surface area contributed by atoms with E-state index in [2.05, 4.69) is 5.10 Å². The number of hydrogen-bond donors (Lipinski definition) is 0. The van der Waals surface area contributed by atoms with Crippen LogP contribution in [0.3, 0.4) is 0 Å². The molecule has 10 heteroatoms. The smallest absolute Gasteiger partial charge is 0.301 e. The maximum atomic E-state index is 11.6. The van der Waals surface area contributed by atoms with Gasteiger partial charge in [0, 0.05) is 23.1 Å². The summed E-state index contributed by atoms with van der Waals surface area (Å²) in [5, 5.41) is 27.9. The Bertz CT molecular complexity index is 1140. The zero-order valence-electron chi connectivity index (χ0n) is 17.5. The van der Waals surface area contributed by atoms with Crippen LogP contribution in [0.4, 0.5) is 11.4 Å². The van der Waals surface area contributed by atoms with Gasteiger partial charge < -0.3 is 4.74 Å². The molecule has 1 aliphatic rings. The molecule has 4 rings (SSSR count). The fourth-order valence-corrected chi connectivity index (χ4v) is 5.20. The lowest BCUT2D eigenvalue weighted by atomic mass is 10.0. The monoisotopic (exact) mass is 454 g/mol. The summed E-state index contributed by atoms with van der Waals surface area (Å²) >= 11 is 1.74. The summed E-state index contributed by atoms with van der Waals surface area (Å²) in [4.78, 5) is 22.4. The largest absolute Gasteiger partial charge is 0.497 e. The molecule has 1 heterocycles. The molecule has 0 saturated heterocycles. The number of rotatable bonds is 7. The van der Waals surface area contributed by atoms with Crippen LogP contribution in [-0.4, -0.2) is 32.0 Å². The average molecular weight is 455 g/mol. The zero-order valence-corrected chi connectivity index (χ0v) is 18.3. The summed E-state index contributed by atoms with van der Waals surface area (Å²) in [5.41, 5.74) is 1.08. The molecule has 9 nitrogen and oxygen atoms in total. The first-order valence-corrected chi connectivity index (χ1v) is 11.2. The molecule has 3 aromatic rings. The Labute approximate surface area is 188 Å². The highest BCUT2D eigenvalue weighted by Crippen LogP contribution is 2.40. The summed E-state index contributed by atoms with van der Waals surface area (Å²) in [7, 11) is 1.60. The Morgan fingerprint density at radius 3 is 2.38 bits per heavy atom. The highest BCUT2D eigenvalue weighted by Gasteiger charge is 2.24. The van der Waals surface area contributed by atoms with Crippen LogP contribution in [-0.2, 0) is 0 Å². The SMILES string of the molecule is COc1ccc(-c2nn(-c3ccc([N+](=O)[O-])cc3[N+](=O)[O-])cc2SC2CCCCC2)cc1. The van der Waals surface area contributed by atoms with Crippen molar-refractivity contribution in [1.29, 1.82) is 0 Å². The second-order valence-corrected chi connectivity index (χ2v) is 8.92. The molecular weight excluding hydrogens is 432 g/mol. The van der Waals surface area contributed by atoms with Gasteiger partial charge in [0.15, 0.2) is 0 Å². The molecule has 166 valence electrons. The predicted molar refractivity (Wildman–Crippen MR) is 122 cm³/mol. The molecule has 1 aromatic heterocycles.